The molecule has 0 saturated carbocycles. The lowest BCUT2D eigenvalue weighted by molar-refractivity contribution is -0.145. The molecule has 0 aliphatic rings. The van der Waals surface area contributed by atoms with Gasteiger partial charge in [-0.25, -0.2) is 4.79 Å². The first-order chi connectivity index (χ1) is 13.9. The van der Waals surface area contributed by atoms with Crippen molar-refractivity contribution >= 4 is 28.8 Å². The maximum absolute atomic E-state index is 13.0. The number of hydrogen-bond donors (Lipinski definition) is 1. The van der Waals surface area contributed by atoms with Crippen LogP contribution in [0.3, 0.4) is 0 Å². The van der Waals surface area contributed by atoms with E-state index in [1.165, 1.54) is 14.0 Å². The molecule has 2 aromatic rings. The third kappa shape index (κ3) is 6.94. The van der Waals surface area contributed by atoms with Crippen LogP contribution in [-0.2, 0) is 25.5 Å². The van der Waals surface area contributed by atoms with E-state index in [9.17, 15) is 14.4 Å². The Morgan fingerprint density at radius 2 is 1.66 bits per heavy atom. The summed E-state index contributed by atoms with van der Waals surface area (Å²) in [4.78, 5) is 36.8. The van der Waals surface area contributed by atoms with Crippen molar-refractivity contribution in [2.45, 2.75) is 19.4 Å². The van der Waals surface area contributed by atoms with E-state index in [4.69, 9.17) is 9.47 Å². The number of methoxy groups -OCH3 is 2. The minimum Gasteiger partial charge on any atom is -0.497 e. The fraction of sp³-hybridized carbons (Fsp3) is 0.318. The molecule has 0 heterocycles. The Morgan fingerprint density at radius 3 is 2.21 bits per heavy atom. The highest BCUT2D eigenvalue weighted by Gasteiger charge is 2.28. The maximum Gasteiger partial charge on any atom is 0.333 e. The molecular weight excluding hydrogens is 390 g/mol. The first-order valence-electron chi connectivity index (χ1n) is 9.14. The van der Waals surface area contributed by atoms with E-state index in [0.29, 0.717) is 23.5 Å². The van der Waals surface area contributed by atoms with Crippen molar-refractivity contribution in [3.8, 4) is 5.75 Å². The molecule has 1 amide bonds. The van der Waals surface area contributed by atoms with Crippen LogP contribution < -0.4 is 10.1 Å². The van der Waals surface area contributed by atoms with Crippen LogP contribution in [0.5, 0.6) is 5.75 Å². The first-order valence-corrected chi connectivity index (χ1v) is 10.1. The van der Waals surface area contributed by atoms with Gasteiger partial charge in [-0.2, -0.15) is 0 Å². The lowest BCUT2D eigenvalue weighted by Crippen LogP contribution is -2.40. The lowest BCUT2D eigenvalue weighted by atomic mass is 9.99. The molecule has 0 fully saturated rings. The Morgan fingerprint density at radius 1 is 1.00 bits per heavy atom. The van der Waals surface area contributed by atoms with Crippen molar-refractivity contribution in [3.05, 3.63) is 65.7 Å². The van der Waals surface area contributed by atoms with Crippen LogP contribution in [0.25, 0.3) is 0 Å². The topological polar surface area (TPSA) is 81.7 Å². The number of carbonyl (C=O) groups is 3. The van der Waals surface area contributed by atoms with Gasteiger partial charge in [-0.05, 0) is 29.7 Å². The number of esters is 1. The molecule has 0 aromatic heterocycles. The molecule has 0 radical (unpaired) electrons. The summed E-state index contributed by atoms with van der Waals surface area (Å²) >= 11 is 1.10. The molecule has 2 atom stereocenters. The van der Waals surface area contributed by atoms with Gasteiger partial charge >= 0.3 is 5.97 Å². The Hall–Kier alpha value is -2.80. The monoisotopic (exact) mass is 415 g/mol. The molecule has 2 unspecified atom stereocenters. The number of amides is 1. The van der Waals surface area contributed by atoms with E-state index in [0.717, 1.165) is 17.3 Å². The number of rotatable bonds is 9. The zero-order chi connectivity index (χ0) is 21.2. The maximum atomic E-state index is 13.0. The number of benzene rings is 2. The molecule has 0 bridgehead atoms. The molecule has 0 aliphatic carbocycles. The van der Waals surface area contributed by atoms with Crippen molar-refractivity contribution < 1.29 is 23.9 Å². The molecule has 0 aliphatic heterocycles. The zero-order valence-electron chi connectivity index (χ0n) is 16.7. The average Bonchev–Trinajstić information content (AvgIpc) is 2.75. The van der Waals surface area contributed by atoms with E-state index in [-0.39, 0.29) is 11.0 Å². The quantitative estimate of drug-likeness (QED) is 0.634. The molecule has 1 N–H and O–H groups in total. The number of nitrogens with one attached hydrogen (secondary N) is 1. The van der Waals surface area contributed by atoms with E-state index in [2.05, 4.69) is 5.32 Å². The van der Waals surface area contributed by atoms with Crippen molar-refractivity contribution in [2.75, 3.05) is 20.0 Å². The van der Waals surface area contributed by atoms with E-state index in [1.807, 2.05) is 30.3 Å². The molecule has 154 valence electrons. The highest BCUT2D eigenvalue weighted by Crippen LogP contribution is 2.21. The van der Waals surface area contributed by atoms with Crippen molar-refractivity contribution in [1.82, 2.24) is 5.32 Å². The second-order valence-electron chi connectivity index (χ2n) is 6.43. The highest BCUT2D eigenvalue weighted by atomic mass is 32.2. The van der Waals surface area contributed by atoms with Crippen LogP contribution in [0.4, 0.5) is 0 Å². The van der Waals surface area contributed by atoms with Gasteiger partial charge in [0.05, 0.1) is 20.1 Å². The van der Waals surface area contributed by atoms with E-state index in [1.54, 1.807) is 31.4 Å². The van der Waals surface area contributed by atoms with Gasteiger partial charge in [-0.3, -0.25) is 9.59 Å². The Balaban J connectivity index is 2.20. The van der Waals surface area contributed by atoms with E-state index < -0.39 is 17.9 Å². The molecular formula is C22H25NO5S. The number of ether oxygens (including phenoxy) is 2. The Bertz CT molecular complexity index is 823. The predicted molar refractivity (Wildman–Crippen MR) is 113 cm³/mol. The third-order valence-corrected chi connectivity index (χ3v) is 5.33. The second kappa shape index (κ2) is 11.3. The largest absolute Gasteiger partial charge is 0.497 e. The summed E-state index contributed by atoms with van der Waals surface area (Å²) in [5.41, 5.74) is 1.57. The van der Waals surface area contributed by atoms with Gasteiger partial charge in [0.25, 0.3) is 0 Å². The minimum atomic E-state index is -0.945. The second-order valence-corrected chi connectivity index (χ2v) is 7.62. The van der Waals surface area contributed by atoms with Crippen LogP contribution in [0, 0.1) is 5.92 Å². The van der Waals surface area contributed by atoms with E-state index >= 15 is 0 Å². The third-order valence-electron chi connectivity index (χ3n) is 4.36. The summed E-state index contributed by atoms with van der Waals surface area (Å²) in [6, 6.07) is 15.5. The number of thioether (sulfide) groups is 1. The van der Waals surface area contributed by atoms with Crippen LogP contribution in [-0.4, -0.2) is 37.0 Å². The average molecular weight is 416 g/mol. The van der Waals surface area contributed by atoms with Gasteiger partial charge in [-0.1, -0.05) is 54.2 Å². The van der Waals surface area contributed by atoms with Gasteiger partial charge in [-0.15, -0.1) is 0 Å². The predicted octanol–water partition coefficient (Wildman–Crippen LogP) is 3.16. The molecule has 29 heavy (non-hydrogen) atoms. The molecule has 7 heteroatoms. The van der Waals surface area contributed by atoms with Crippen LogP contribution in [0.15, 0.2) is 54.6 Å². The van der Waals surface area contributed by atoms with Gasteiger partial charge in [0.1, 0.15) is 5.75 Å². The first kappa shape index (κ1) is 22.5. The fourth-order valence-corrected chi connectivity index (χ4v) is 3.50. The van der Waals surface area contributed by atoms with Crippen LogP contribution in [0.2, 0.25) is 0 Å². The van der Waals surface area contributed by atoms with Gasteiger partial charge in [0.2, 0.25) is 5.91 Å². The van der Waals surface area contributed by atoms with Crippen molar-refractivity contribution in [2.24, 2.45) is 5.92 Å². The zero-order valence-corrected chi connectivity index (χ0v) is 17.5. The summed E-state index contributed by atoms with van der Waals surface area (Å²) in [6.07, 6.45) is 0.462. The SMILES string of the molecule is COC(=O)C(NC(=O)C(CSC(C)=O)Cc1ccccc1)c1ccc(OC)cc1. The summed E-state index contributed by atoms with van der Waals surface area (Å²) < 4.78 is 10.0. The molecule has 2 aromatic carbocycles. The van der Waals surface area contributed by atoms with Gasteiger partial charge in [0.15, 0.2) is 11.2 Å². The molecule has 6 nitrogen and oxygen atoms in total. The van der Waals surface area contributed by atoms with Crippen LogP contribution in [0.1, 0.15) is 24.1 Å². The molecule has 0 saturated heterocycles. The summed E-state index contributed by atoms with van der Waals surface area (Å²) in [7, 11) is 2.83. The summed E-state index contributed by atoms with van der Waals surface area (Å²) in [5.74, 6) is -0.387. The minimum absolute atomic E-state index is 0.0597. The lowest BCUT2D eigenvalue weighted by Gasteiger charge is -2.21. The summed E-state index contributed by atoms with van der Waals surface area (Å²) in [6.45, 7) is 1.47. The van der Waals surface area contributed by atoms with Gasteiger partial charge < -0.3 is 14.8 Å². The fourth-order valence-electron chi connectivity index (χ4n) is 2.80. The van der Waals surface area contributed by atoms with Crippen molar-refractivity contribution in [1.29, 1.82) is 0 Å². The number of carbonyl (C=O) groups excluding carboxylic acids is 3. The van der Waals surface area contributed by atoms with Crippen LogP contribution >= 0.6 is 11.8 Å². The Kier molecular flexibility index (Phi) is 8.73. The smallest absolute Gasteiger partial charge is 0.333 e. The standard InChI is InChI=1S/C22H25NO5S/c1-15(24)29-14-18(13-16-7-5-4-6-8-16)21(25)23-20(22(26)28-3)17-9-11-19(27-2)12-10-17/h4-12,18,20H,13-14H2,1-3H3,(H,23,25). The summed E-state index contributed by atoms with van der Waals surface area (Å²) in [5, 5.41) is 2.73. The normalized spacial score (nSPS) is 12.5. The molecule has 2 rings (SSSR count). The molecule has 0 spiro atoms. The Labute approximate surface area is 175 Å². The van der Waals surface area contributed by atoms with Gasteiger partial charge in [0, 0.05) is 12.7 Å². The highest BCUT2D eigenvalue weighted by molar-refractivity contribution is 8.13. The van der Waals surface area contributed by atoms with Crippen molar-refractivity contribution in [3.63, 3.8) is 0 Å². The number of hydrogen-bond acceptors (Lipinski definition) is 6.